The SMILES string of the molecule is CC(=O)c1c[nH]c(=O)n(CC2CCCC2)c1=O. The van der Waals surface area contributed by atoms with Crippen molar-refractivity contribution in [1.82, 2.24) is 9.55 Å². The predicted octanol–water partition coefficient (Wildman–Crippen LogP) is 0.929. The Labute approximate surface area is 98.5 Å². The van der Waals surface area contributed by atoms with Crippen molar-refractivity contribution in [2.75, 3.05) is 0 Å². The average molecular weight is 236 g/mol. The number of carbonyl (C=O) groups excluding carboxylic acids is 1. The highest BCUT2D eigenvalue weighted by molar-refractivity contribution is 5.93. The van der Waals surface area contributed by atoms with Crippen LogP contribution in [0.2, 0.25) is 0 Å². The molecule has 0 aliphatic heterocycles. The van der Waals surface area contributed by atoms with E-state index in [1.165, 1.54) is 13.1 Å². The molecule has 1 aromatic heterocycles. The van der Waals surface area contributed by atoms with E-state index in [1.807, 2.05) is 0 Å². The summed E-state index contributed by atoms with van der Waals surface area (Å²) in [6.07, 6.45) is 5.62. The highest BCUT2D eigenvalue weighted by Crippen LogP contribution is 2.25. The molecule has 0 unspecified atom stereocenters. The second-order valence-corrected chi connectivity index (χ2v) is 4.63. The van der Waals surface area contributed by atoms with Crippen molar-refractivity contribution in [3.63, 3.8) is 0 Å². The highest BCUT2D eigenvalue weighted by atomic mass is 16.2. The van der Waals surface area contributed by atoms with Crippen molar-refractivity contribution in [3.8, 4) is 0 Å². The number of aromatic amines is 1. The topological polar surface area (TPSA) is 71.9 Å². The van der Waals surface area contributed by atoms with Crippen molar-refractivity contribution in [3.05, 3.63) is 32.6 Å². The summed E-state index contributed by atoms with van der Waals surface area (Å²) >= 11 is 0. The normalized spacial score (nSPS) is 16.3. The van der Waals surface area contributed by atoms with Gasteiger partial charge in [0.2, 0.25) is 0 Å². The Morgan fingerprint density at radius 2 is 2.06 bits per heavy atom. The van der Waals surface area contributed by atoms with Crippen LogP contribution < -0.4 is 11.2 Å². The Hall–Kier alpha value is -1.65. The number of Topliss-reactive ketones (excluding diaryl/α,β-unsaturated/α-hetero) is 1. The number of nitrogens with zero attached hydrogens (tertiary/aromatic N) is 1. The van der Waals surface area contributed by atoms with Crippen LogP contribution in [-0.4, -0.2) is 15.3 Å². The van der Waals surface area contributed by atoms with Gasteiger partial charge in [-0.3, -0.25) is 14.2 Å². The van der Waals surface area contributed by atoms with E-state index in [-0.39, 0.29) is 11.3 Å². The van der Waals surface area contributed by atoms with Gasteiger partial charge in [0.1, 0.15) is 0 Å². The molecule has 0 amide bonds. The Morgan fingerprint density at radius 3 is 2.65 bits per heavy atom. The summed E-state index contributed by atoms with van der Waals surface area (Å²) in [4.78, 5) is 37.2. The van der Waals surface area contributed by atoms with Crippen molar-refractivity contribution < 1.29 is 4.79 Å². The monoisotopic (exact) mass is 236 g/mol. The van der Waals surface area contributed by atoms with Crippen LogP contribution in [0.5, 0.6) is 0 Å². The molecule has 1 heterocycles. The van der Waals surface area contributed by atoms with E-state index in [0.29, 0.717) is 12.5 Å². The lowest BCUT2D eigenvalue weighted by Gasteiger charge is -2.10. The summed E-state index contributed by atoms with van der Waals surface area (Å²) in [5.41, 5.74) is -0.831. The molecule has 5 nitrogen and oxygen atoms in total. The van der Waals surface area contributed by atoms with E-state index in [1.54, 1.807) is 0 Å². The molecule has 2 rings (SSSR count). The molecule has 1 saturated carbocycles. The molecule has 0 aromatic carbocycles. The number of hydrogen-bond donors (Lipinski definition) is 1. The summed E-state index contributed by atoms with van der Waals surface area (Å²) < 4.78 is 1.16. The zero-order valence-electron chi connectivity index (χ0n) is 9.86. The van der Waals surface area contributed by atoms with Crippen molar-refractivity contribution in [2.24, 2.45) is 5.92 Å². The molecule has 0 saturated heterocycles. The van der Waals surface area contributed by atoms with Gasteiger partial charge < -0.3 is 4.98 Å². The van der Waals surface area contributed by atoms with Gasteiger partial charge in [0.25, 0.3) is 5.56 Å². The molecule has 1 fully saturated rings. The molecule has 1 N–H and O–H groups in total. The van der Waals surface area contributed by atoms with Gasteiger partial charge in [0.05, 0.1) is 5.56 Å². The number of nitrogens with one attached hydrogen (secondary N) is 1. The van der Waals surface area contributed by atoms with Crippen LogP contribution in [0.25, 0.3) is 0 Å². The zero-order chi connectivity index (χ0) is 12.4. The van der Waals surface area contributed by atoms with E-state index >= 15 is 0 Å². The third kappa shape index (κ3) is 2.38. The third-order valence-corrected chi connectivity index (χ3v) is 3.36. The van der Waals surface area contributed by atoms with Gasteiger partial charge in [-0.05, 0) is 25.7 Å². The van der Waals surface area contributed by atoms with E-state index in [2.05, 4.69) is 4.98 Å². The van der Waals surface area contributed by atoms with Crippen LogP contribution >= 0.6 is 0 Å². The Kier molecular flexibility index (Phi) is 3.26. The minimum Gasteiger partial charge on any atom is -0.313 e. The highest BCUT2D eigenvalue weighted by Gasteiger charge is 2.18. The zero-order valence-corrected chi connectivity index (χ0v) is 9.86. The number of ketones is 1. The van der Waals surface area contributed by atoms with E-state index < -0.39 is 11.2 Å². The van der Waals surface area contributed by atoms with Crippen LogP contribution in [0.1, 0.15) is 43.0 Å². The smallest absolute Gasteiger partial charge is 0.313 e. The molecule has 0 radical (unpaired) electrons. The van der Waals surface area contributed by atoms with E-state index in [9.17, 15) is 14.4 Å². The maximum Gasteiger partial charge on any atom is 0.328 e. The minimum absolute atomic E-state index is 0.0580. The molecule has 17 heavy (non-hydrogen) atoms. The van der Waals surface area contributed by atoms with Crippen LogP contribution in [0, 0.1) is 5.92 Å². The Morgan fingerprint density at radius 1 is 1.41 bits per heavy atom. The number of rotatable bonds is 3. The molecule has 1 aromatic rings. The van der Waals surface area contributed by atoms with Gasteiger partial charge in [-0.15, -0.1) is 0 Å². The fraction of sp³-hybridized carbons (Fsp3) is 0.583. The van der Waals surface area contributed by atoms with Gasteiger partial charge in [-0.2, -0.15) is 0 Å². The van der Waals surface area contributed by atoms with Crippen molar-refractivity contribution >= 4 is 5.78 Å². The molecule has 0 atom stereocenters. The van der Waals surface area contributed by atoms with Gasteiger partial charge in [-0.25, -0.2) is 4.79 Å². The maximum absolute atomic E-state index is 11.9. The second-order valence-electron chi connectivity index (χ2n) is 4.63. The first kappa shape index (κ1) is 11.8. The van der Waals surface area contributed by atoms with E-state index in [4.69, 9.17) is 0 Å². The number of carbonyl (C=O) groups is 1. The lowest BCUT2D eigenvalue weighted by molar-refractivity contribution is 0.101. The molecule has 5 heteroatoms. The average Bonchev–Trinajstić information content (AvgIpc) is 2.76. The van der Waals surface area contributed by atoms with Crippen LogP contribution in [0.15, 0.2) is 15.8 Å². The molecule has 92 valence electrons. The van der Waals surface area contributed by atoms with Gasteiger partial charge >= 0.3 is 5.69 Å². The molecule has 1 aliphatic carbocycles. The molecule has 0 spiro atoms. The predicted molar refractivity (Wildman–Crippen MR) is 63.3 cm³/mol. The fourth-order valence-electron chi connectivity index (χ4n) is 2.38. The quantitative estimate of drug-likeness (QED) is 0.793. The number of aromatic nitrogens is 2. The lowest BCUT2D eigenvalue weighted by Crippen LogP contribution is -2.39. The molecular formula is C12H16N2O3. The van der Waals surface area contributed by atoms with Crippen LogP contribution in [0.3, 0.4) is 0 Å². The first-order chi connectivity index (χ1) is 8.09. The molecular weight excluding hydrogens is 220 g/mol. The van der Waals surface area contributed by atoms with Crippen molar-refractivity contribution in [1.29, 1.82) is 0 Å². The van der Waals surface area contributed by atoms with Crippen LogP contribution in [0.4, 0.5) is 0 Å². The number of hydrogen-bond acceptors (Lipinski definition) is 3. The summed E-state index contributed by atoms with van der Waals surface area (Å²) in [6.45, 7) is 1.75. The summed E-state index contributed by atoms with van der Waals surface area (Å²) in [5.74, 6) is 0.0717. The van der Waals surface area contributed by atoms with Gasteiger partial charge in [0.15, 0.2) is 5.78 Å². The summed E-state index contributed by atoms with van der Waals surface area (Å²) in [6, 6.07) is 0. The van der Waals surface area contributed by atoms with Crippen LogP contribution in [-0.2, 0) is 6.54 Å². The molecule has 1 aliphatic rings. The summed E-state index contributed by atoms with van der Waals surface area (Å²) in [7, 11) is 0. The molecule has 0 bridgehead atoms. The van der Waals surface area contributed by atoms with Crippen molar-refractivity contribution in [2.45, 2.75) is 39.2 Å². The summed E-state index contributed by atoms with van der Waals surface area (Å²) in [5, 5.41) is 0. The first-order valence-corrected chi connectivity index (χ1v) is 5.93. The van der Waals surface area contributed by atoms with Gasteiger partial charge in [-0.1, -0.05) is 12.8 Å². The second kappa shape index (κ2) is 4.69. The fourth-order valence-corrected chi connectivity index (χ4v) is 2.38. The van der Waals surface area contributed by atoms with Gasteiger partial charge in [0, 0.05) is 12.7 Å². The first-order valence-electron chi connectivity index (χ1n) is 5.93. The maximum atomic E-state index is 11.9. The number of H-pyrrole nitrogens is 1. The Balaban J connectivity index is 2.38. The lowest BCUT2D eigenvalue weighted by atomic mass is 10.1. The van der Waals surface area contributed by atoms with E-state index in [0.717, 1.165) is 30.3 Å². The largest absolute Gasteiger partial charge is 0.328 e. The standard InChI is InChI=1S/C12H16N2O3/c1-8(15)10-6-13-12(17)14(11(10)16)7-9-4-2-3-5-9/h6,9H,2-5,7H2,1H3,(H,13,17). The minimum atomic E-state index is -0.465. The Bertz CT molecular complexity index is 535. The third-order valence-electron chi connectivity index (χ3n) is 3.36.